The number of carbonyl (C=O) groups excluding carboxylic acids is 1. The van der Waals surface area contributed by atoms with E-state index in [1.165, 1.54) is 5.56 Å². The van der Waals surface area contributed by atoms with E-state index in [-0.39, 0.29) is 11.9 Å². The Balaban J connectivity index is 1.45. The first kappa shape index (κ1) is 18.4. The predicted octanol–water partition coefficient (Wildman–Crippen LogP) is 3.87. The van der Waals surface area contributed by atoms with Crippen molar-refractivity contribution in [3.05, 3.63) is 47.8 Å². The van der Waals surface area contributed by atoms with Crippen molar-refractivity contribution in [2.75, 3.05) is 14.2 Å². The summed E-state index contributed by atoms with van der Waals surface area (Å²) in [4.78, 5) is 12.3. The van der Waals surface area contributed by atoms with Crippen LogP contribution < -0.4 is 14.8 Å². The SMILES string of the molecule is COc1cc2c(cc1OC)C(NC(=O)CCCCCn1cccc1)CC2. The maximum Gasteiger partial charge on any atom is 0.220 e. The Morgan fingerprint density at radius 1 is 1.12 bits per heavy atom. The van der Waals surface area contributed by atoms with E-state index in [9.17, 15) is 4.79 Å². The summed E-state index contributed by atoms with van der Waals surface area (Å²) < 4.78 is 12.9. The van der Waals surface area contributed by atoms with E-state index in [1.54, 1.807) is 14.2 Å². The second kappa shape index (κ2) is 8.79. The number of hydrogen-bond donors (Lipinski definition) is 1. The van der Waals surface area contributed by atoms with Gasteiger partial charge in [-0.1, -0.05) is 6.42 Å². The monoisotopic (exact) mass is 356 g/mol. The molecule has 0 saturated heterocycles. The van der Waals surface area contributed by atoms with Gasteiger partial charge in [-0.25, -0.2) is 0 Å². The Labute approximate surface area is 155 Å². The minimum Gasteiger partial charge on any atom is -0.493 e. The highest BCUT2D eigenvalue weighted by atomic mass is 16.5. The van der Waals surface area contributed by atoms with Crippen molar-refractivity contribution in [2.45, 2.75) is 51.1 Å². The van der Waals surface area contributed by atoms with Gasteiger partial charge in [0.2, 0.25) is 5.91 Å². The van der Waals surface area contributed by atoms with E-state index < -0.39 is 0 Å². The first-order valence-electron chi connectivity index (χ1n) is 9.36. The van der Waals surface area contributed by atoms with Crippen LogP contribution in [0.5, 0.6) is 11.5 Å². The van der Waals surface area contributed by atoms with Crippen LogP contribution in [0.15, 0.2) is 36.7 Å². The molecule has 1 heterocycles. The standard InChI is InChI=1S/C21H28N2O3/c1-25-19-14-16-9-10-18(17(16)15-20(19)26-2)22-21(24)8-4-3-5-11-23-12-6-7-13-23/h6-7,12-15,18H,3-5,8-11H2,1-2H3,(H,22,24). The number of rotatable bonds is 9. The highest BCUT2D eigenvalue weighted by Gasteiger charge is 2.26. The van der Waals surface area contributed by atoms with Crippen molar-refractivity contribution in [1.29, 1.82) is 0 Å². The quantitative estimate of drug-likeness (QED) is 0.694. The van der Waals surface area contributed by atoms with Crippen LogP contribution in [0.2, 0.25) is 0 Å². The minimum atomic E-state index is 0.0807. The maximum atomic E-state index is 12.3. The first-order chi connectivity index (χ1) is 12.7. The van der Waals surface area contributed by atoms with Crippen molar-refractivity contribution >= 4 is 5.91 Å². The summed E-state index contributed by atoms with van der Waals surface area (Å²) in [5.74, 6) is 1.61. The van der Waals surface area contributed by atoms with E-state index in [0.717, 1.165) is 55.7 Å². The lowest BCUT2D eigenvalue weighted by Crippen LogP contribution is -2.26. The molecule has 0 aliphatic heterocycles. The Kier molecular flexibility index (Phi) is 6.21. The molecule has 1 aromatic heterocycles. The molecule has 1 amide bonds. The molecule has 0 fully saturated rings. The molecule has 0 radical (unpaired) electrons. The lowest BCUT2D eigenvalue weighted by atomic mass is 10.1. The molecule has 1 atom stereocenters. The van der Waals surface area contributed by atoms with Gasteiger partial charge in [-0.15, -0.1) is 0 Å². The molecule has 1 unspecified atom stereocenters. The smallest absolute Gasteiger partial charge is 0.220 e. The van der Waals surface area contributed by atoms with Gasteiger partial charge in [0.15, 0.2) is 11.5 Å². The van der Waals surface area contributed by atoms with Crippen molar-refractivity contribution < 1.29 is 14.3 Å². The molecular weight excluding hydrogens is 328 g/mol. The molecule has 26 heavy (non-hydrogen) atoms. The lowest BCUT2D eigenvalue weighted by Gasteiger charge is -2.16. The molecule has 5 heteroatoms. The molecule has 0 saturated carbocycles. The number of methoxy groups -OCH3 is 2. The number of hydrogen-bond acceptors (Lipinski definition) is 3. The number of aryl methyl sites for hydroxylation is 2. The maximum absolute atomic E-state index is 12.3. The molecule has 1 aliphatic carbocycles. The lowest BCUT2D eigenvalue weighted by molar-refractivity contribution is -0.121. The van der Waals surface area contributed by atoms with Crippen LogP contribution in [0, 0.1) is 0 Å². The van der Waals surface area contributed by atoms with Gasteiger partial charge in [-0.3, -0.25) is 4.79 Å². The summed E-state index contributed by atoms with van der Waals surface area (Å²) in [6.07, 6.45) is 9.73. The number of unbranched alkanes of at least 4 members (excludes halogenated alkanes) is 2. The van der Waals surface area contributed by atoms with Gasteiger partial charge in [0.1, 0.15) is 0 Å². The van der Waals surface area contributed by atoms with E-state index >= 15 is 0 Å². The average molecular weight is 356 g/mol. The van der Waals surface area contributed by atoms with Crippen LogP contribution in [-0.4, -0.2) is 24.7 Å². The highest BCUT2D eigenvalue weighted by molar-refractivity contribution is 5.76. The Bertz CT molecular complexity index is 725. The van der Waals surface area contributed by atoms with Crippen molar-refractivity contribution in [3.8, 4) is 11.5 Å². The van der Waals surface area contributed by atoms with Crippen molar-refractivity contribution in [2.24, 2.45) is 0 Å². The number of amides is 1. The Hall–Kier alpha value is -2.43. The fraction of sp³-hybridized carbons (Fsp3) is 0.476. The van der Waals surface area contributed by atoms with E-state index in [0.29, 0.717) is 6.42 Å². The molecule has 1 N–H and O–H groups in total. The van der Waals surface area contributed by atoms with Crippen molar-refractivity contribution in [3.63, 3.8) is 0 Å². The molecule has 2 aromatic rings. The Morgan fingerprint density at radius 2 is 1.85 bits per heavy atom. The highest BCUT2D eigenvalue weighted by Crippen LogP contribution is 2.39. The minimum absolute atomic E-state index is 0.0807. The van der Waals surface area contributed by atoms with Gasteiger partial charge in [0, 0.05) is 25.4 Å². The fourth-order valence-electron chi connectivity index (χ4n) is 3.63. The van der Waals surface area contributed by atoms with Crippen LogP contribution in [0.3, 0.4) is 0 Å². The van der Waals surface area contributed by atoms with E-state index in [1.807, 2.05) is 24.3 Å². The Morgan fingerprint density at radius 3 is 2.58 bits per heavy atom. The molecule has 1 aromatic carbocycles. The topological polar surface area (TPSA) is 52.5 Å². The number of carbonyl (C=O) groups is 1. The van der Waals surface area contributed by atoms with Gasteiger partial charge in [0.25, 0.3) is 0 Å². The van der Waals surface area contributed by atoms with Gasteiger partial charge in [0.05, 0.1) is 20.3 Å². The fourth-order valence-corrected chi connectivity index (χ4v) is 3.63. The van der Waals surface area contributed by atoms with Crippen LogP contribution in [0.25, 0.3) is 0 Å². The molecule has 140 valence electrons. The zero-order chi connectivity index (χ0) is 18.4. The molecule has 1 aliphatic rings. The first-order valence-corrected chi connectivity index (χ1v) is 9.36. The number of benzene rings is 1. The average Bonchev–Trinajstić information content (AvgIpc) is 3.30. The summed E-state index contributed by atoms with van der Waals surface area (Å²) in [6, 6.07) is 8.19. The second-order valence-corrected chi connectivity index (χ2v) is 6.80. The summed E-state index contributed by atoms with van der Waals surface area (Å²) in [5.41, 5.74) is 2.39. The number of nitrogens with one attached hydrogen (secondary N) is 1. The van der Waals surface area contributed by atoms with Crippen LogP contribution in [-0.2, 0) is 17.8 Å². The van der Waals surface area contributed by atoms with Crippen LogP contribution in [0.1, 0.15) is 49.3 Å². The number of fused-ring (bicyclic) bond motifs is 1. The summed E-state index contributed by atoms with van der Waals surface area (Å²) in [6.45, 7) is 1.02. The zero-order valence-electron chi connectivity index (χ0n) is 15.7. The largest absolute Gasteiger partial charge is 0.493 e. The summed E-state index contributed by atoms with van der Waals surface area (Å²) in [7, 11) is 3.29. The second-order valence-electron chi connectivity index (χ2n) is 6.80. The number of ether oxygens (including phenoxy) is 2. The third kappa shape index (κ3) is 4.40. The van der Waals surface area contributed by atoms with Crippen LogP contribution in [0.4, 0.5) is 0 Å². The molecule has 0 spiro atoms. The van der Waals surface area contributed by atoms with Gasteiger partial charge >= 0.3 is 0 Å². The molecule has 5 nitrogen and oxygen atoms in total. The van der Waals surface area contributed by atoms with Gasteiger partial charge in [-0.05, 0) is 61.1 Å². The number of aromatic nitrogens is 1. The molecule has 0 bridgehead atoms. The third-order valence-corrected chi connectivity index (χ3v) is 5.04. The molecular formula is C21H28N2O3. The summed E-state index contributed by atoms with van der Waals surface area (Å²) >= 11 is 0. The normalized spacial score (nSPS) is 15.5. The number of nitrogens with zero attached hydrogens (tertiary/aromatic N) is 1. The third-order valence-electron chi connectivity index (χ3n) is 5.04. The van der Waals surface area contributed by atoms with Crippen molar-refractivity contribution in [1.82, 2.24) is 9.88 Å². The predicted molar refractivity (Wildman–Crippen MR) is 102 cm³/mol. The van der Waals surface area contributed by atoms with Gasteiger partial charge in [-0.2, -0.15) is 0 Å². The zero-order valence-corrected chi connectivity index (χ0v) is 15.7. The molecule has 3 rings (SSSR count). The van der Waals surface area contributed by atoms with E-state index in [4.69, 9.17) is 9.47 Å². The van der Waals surface area contributed by atoms with Crippen LogP contribution >= 0.6 is 0 Å². The summed E-state index contributed by atoms with van der Waals surface area (Å²) in [5, 5.41) is 3.19. The van der Waals surface area contributed by atoms with E-state index in [2.05, 4.69) is 22.3 Å². The van der Waals surface area contributed by atoms with Gasteiger partial charge < -0.3 is 19.4 Å².